The van der Waals surface area contributed by atoms with Gasteiger partial charge in [-0.2, -0.15) is 0 Å². The molecule has 2 aromatic rings. The molecule has 2 aliphatic rings. The highest BCUT2D eigenvalue weighted by molar-refractivity contribution is 5.96. The van der Waals surface area contributed by atoms with Crippen molar-refractivity contribution in [3.05, 3.63) is 59.1 Å². The first kappa shape index (κ1) is 15.3. The highest BCUT2D eigenvalue weighted by Crippen LogP contribution is 2.43. The van der Waals surface area contributed by atoms with Crippen LogP contribution in [0.15, 0.2) is 34.9 Å². The summed E-state index contributed by atoms with van der Waals surface area (Å²) < 4.78 is 32.2. The third-order valence-corrected chi connectivity index (χ3v) is 4.74. The van der Waals surface area contributed by atoms with Crippen LogP contribution in [-0.2, 0) is 0 Å². The number of hydrogen-bond donors (Lipinski definition) is 1. The summed E-state index contributed by atoms with van der Waals surface area (Å²) in [7, 11) is 0. The molecular formula is C18H17F2NO3. The maximum atomic E-state index is 13.6. The van der Waals surface area contributed by atoms with Crippen LogP contribution in [-0.4, -0.2) is 28.6 Å². The van der Waals surface area contributed by atoms with E-state index in [-0.39, 0.29) is 18.4 Å². The Morgan fingerprint density at radius 3 is 2.71 bits per heavy atom. The molecule has 4 rings (SSSR count). The van der Waals surface area contributed by atoms with Gasteiger partial charge in [0, 0.05) is 12.5 Å². The van der Waals surface area contributed by atoms with E-state index in [1.54, 1.807) is 6.07 Å². The number of likely N-dealkylation sites (tertiary alicyclic amines) is 1. The van der Waals surface area contributed by atoms with Crippen LogP contribution in [0.5, 0.6) is 0 Å². The summed E-state index contributed by atoms with van der Waals surface area (Å²) in [6.07, 6.45) is 3.11. The number of benzene rings is 1. The minimum atomic E-state index is -0.955. The van der Waals surface area contributed by atoms with Crippen molar-refractivity contribution in [3.63, 3.8) is 0 Å². The molecule has 6 heteroatoms. The molecule has 2 atom stereocenters. The summed E-state index contributed by atoms with van der Waals surface area (Å²) in [4.78, 5) is 14.5. The largest absolute Gasteiger partial charge is 0.468 e. The zero-order chi connectivity index (χ0) is 16.8. The Bertz CT molecular complexity index is 784. The van der Waals surface area contributed by atoms with Crippen molar-refractivity contribution in [3.8, 4) is 0 Å². The molecule has 2 heterocycles. The Balaban J connectivity index is 1.65. The predicted molar refractivity (Wildman–Crippen MR) is 81.4 cm³/mol. The second-order valence-electron chi connectivity index (χ2n) is 6.51. The van der Waals surface area contributed by atoms with Crippen molar-refractivity contribution in [2.24, 2.45) is 0 Å². The van der Waals surface area contributed by atoms with Gasteiger partial charge in [0.2, 0.25) is 0 Å². The van der Waals surface area contributed by atoms with Crippen LogP contribution in [0, 0.1) is 11.6 Å². The smallest absolute Gasteiger partial charge is 0.258 e. The maximum Gasteiger partial charge on any atom is 0.258 e. The van der Waals surface area contributed by atoms with E-state index in [4.69, 9.17) is 4.42 Å². The lowest BCUT2D eigenvalue weighted by Gasteiger charge is -2.25. The van der Waals surface area contributed by atoms with Gasteiger partial charge in [0.25, 0.3) is 5.91 Å². The highest BCUT2D eigenvalue weighted by atomic mass is 19.2. The molecule has 24 heavy (non-hydrogen) atoms. The van der Waals surface area contributed by atoms with Crippen LogP contribution >= 0.6 is 0 Å². The normalized spacial score (nSPS) is 23.7. The Kier molecular flexibility index (Phi) is 3.64. The summed E-state index contributed by atoms with van der Waals surface area (Å²) in [6, 6.07) is 4.76. The Labute approximate surface area is 137 Å². The monoisotopic (exact) mass is 333 g/mol. The molecular weight excluding hydrogens is 316 g/mol. The Morgan fingerprint density at radius 1 is 1.21 bits per heavy atom. The summed E-state index contributed by atoms with van der Waals surface area (Å²) in [5.74, 6) is -1.15. The van der Waals surface area contributed by atoms with E-state index in [9.17, 15) is 18.7 Å². The number of aliphatic hydroxyl groups excluding tert-OH is 1. The standard InChI is InChI=1S/C18H17F2NO3/c19-14-4-3-11(7-15(14)20)16-8-12(22)9-21(16)18(23)13-5-6-24-17(13)10-1-2-10/h3-7,10,12,16,22H,1-2,8-9H2/t12-,16-/m0/s1. The molecule has 1 amide bonds. The van der Waals surface area contributed by atoms with Gasteiger partial charge < -0.3 is 14.4 Å². The lowest BCUT2D eigenvalue weighted by Crippen LogP contribution is -2.32. The number of aliphatic hydroxyl groups is 1. The molecule has 1 aromatic heterocycles. The van der Waals surface area contributed by atoms with E-state index >= 15 is 0 Å². The van der Waals surface area contributed by atoms with Gasteiger partial charge in [-0.05, 0) is 43.0 Å². The third-order valence-electron chi connectivity index (χ3n) is 4.74. The number of carbonyl (C=O) groups excluding carboxylic acids is 1. The minimum Gasteiger partial charge on any atom is -0.468 e. The molecule has 0 spiro atoms. The Hall–Kier alpha value is -2.21. The fourth-order valence-electron chi connectivity index (χ4n) is 3.39. The van der Waals surface area contributed by atoms with Crippen LogP contribution in [0.2, 0.25) is 0 Å². The van der Waals surface area contributed by atoms with E-state index in [1.807, 2.05) is 0 Å². The van der Waals surface area contributed by atoms with Gasteiger partial charge in [-0.25, -0.2) is 8.78 Å². The molecule has 2 fully saturated rings. The lowest BCUT2D eigenvalue weighted by atomic mass is 10.0. The molecule has 126 valence electrons. The van der Waals surface area contributed by atoms with Crippen LogP contribution in [0.25, 0.3) is 0 Å². The van der Waals surface area contributed by atoms with Gasteiger partial charge in [0.15, 0.2) is 11.6 Å². The second-order valence-corrected chi connectivity index (χ2v) is 6.51. The quantitative estimate of drug-likeness (QED) is 0.937. The first-order chi connectivity index (χ1) is 11.5. The zero-order valence-electron chi connectivity index (χ0n) is 12.9. The van der Waals surface area contributed by atoms with Gasteiger partial charge >= 0.3 is 0 Å². The van der Waals surface area contributed by atoms with Gasteiger partial charge in [-0.15, -0.1) is 0 Å². The lowest BCUT2D eigenvalue weighted by molar-refractivity contribution is 0.0713. The first-order valence-electron chi connectivity index (χ1n) is 8.06. The Morgan fingerprint density at radius 2 is 2.00 bits per heavy atom. The molecule has 0 radical (unpaired) electrons. The average Bonchev–Trinajstić information content (AvgIpc) is 3.15. The number of halogens is 2. The van der Waals surface area contributed by atoms with Gasteiger partial charge in [-0.3, -0.25) is 4.79 Å². The molecule has 0 bridgehead atoms. The number of amides is 1. The van der Waals surface area contributed by atoms with Crippen LogP contribution in [0.3, 0.4) is 0 Å². The number of nitrogens with zero attached hydrogens (tertiary/aromatic N) is 1. The molecule has 0 unspecified atom stereocenters. The van der Waals surface area contributed by atoms with Crippen molar-refractivity contribution in [2.45, 2.75) is 37.3 Å². The number of furan rings is 1. The molecule has 1 N–H and O–H groups in total. The molecule has 4 nitrogen and oxygen atoms in total. The molecule has 1 saturated carbocycles. The van der Waals surface area contributed by atoms with E-state index in [2.05, 4.69) is 0 Å². The third kappa shape index (κ3) is 2.60. The number of hydrogen-bond acceptors (Lipinski definition) is 3. The van der Waals surface area contributed by atoms with Gasteiger partial charge in [0.1, 0.15) is 5.76 Å². The van der Waals surface area contributed by atoms with Gasteiger partial charge in [0.05, 0.1) is 24.0 Å². The van der Waals surface area contributed by atoms with E-state index in [0.29, 0.717) is 23.3 Å². The van der Waals surface area contributed by atoms with E-state index in [0.717, 1.165) is 25.0 Å². The average molecular weight is 333 g/mol. The van der Waals surface area contributed by atoms with Crippen molar-refractivity contribution in [1.82, 2.24) is 4.90 Å². The van der Waals surface area contributed by atoms with Crippen molar-refractivity contribution in [1.29, 1.82) is 0 Å². The number of rotatable bonds is 3. The highest BCUT2D eigenvalue weighted by Gasteiger charge is 2.39. The number of carbonyl (C=O) groups is 1. The predicted octanol–water partition coefficient (Wildman–Crippen LogP) is 3.38. The minimum absolute atomic E-state index is 0.164. The molecule has 1 aliphatic heterocycles. The first-order valence-corrected chi connectivity index (χ1v) is 8.06. The van der Waals surface area contributed by atoms with Crippen LogP contribution in [0.4, 0.5) is 8.78 Å². The summed E-state index contributed by atoms with van der Waals surface area (Å²) in [5, 5.41) is 10.0. The van der Waals surface area contributed by atoms with Crippen molar-refractivity contribution >= 4 is 5.91 Å². The van der Waals surface area contributed by atoms with Crippen LogP contribution in [0.1, 0.15) is 52.9 Å². The summed E-state index contributed by atoms with van der Waals surface area (Å²) >= 11 is 0. The van der Waals surface area contributed by atoms with Crippen LogP contribution < -0.4 is 0 Å². The zero-order valence-corrected chi connectivity index (χ0v) is 12.9. The second kappa shape index (κ2) is 5.70. The summed E-state index contributed by atoms with van der Waals surface area (Å²) in [5.41, 5.74) is 0.981. The maximum absolute atomic E-state index is 13.6. The summed E-state index contributed by atoms with van der Waals surface area (Å²) in [6.45, 7) is 0.164. The van der Waals surface area contributed by atoms with E-state index in [1.165, 1.54) is 17.2 Å². The molecule has 1 aliphatic carbocycles. The fourth-order valence-corrected chi connectivity index (χ4v) is 3.39. The molecule has 1 saturated heterocycles. The van der Waals surface area contributed by atoms with Gasteiger partial charge in [-0.1, -0.05) is 6.07 Å². The SMILES string of the molecule is O=C(c1ccoc1C1CC1)N1C[C@@H](O)C[C@H]1c1ccc(F)c(F)c1. The van der Waals surface area contributed by atoms with Crippen molar-refractivity contribution < 1.29 is 23.1 Å². The van der Waals surface area contributed by atoms with E-state index < -0.39 is 23.8 Å². The fraction of sp³-hybridized carbons (Fsp3) is 0.389. The van der Waals surface area contributed by atoms with Crippen molar-refractivity contribution in [2.75, 3.05) is 6.54 Å². The number of β-amino-alcohol motifs (C(OH)–C–C–N with tert-alkyl or cyclic N) is 1. The molecule has 1 aromatic carbocycles. The topological polar surface area (TPSA) is 53.7 Å².